The van der Waals surface area contributed by atoms with E-state index < -0.39 is 0 Å². The zero-order chi connectivity index (χ0) is 20.2. The molecule has 1 amide bonds. The smallest absolute Gasteiger partial charge is 0.225 e. The third kappa shape index (κ3) is 5.10. The van der Waals surface area contributed by atoms with Crippen molar-refractivity contribution in [3.8, 4) is 5.75 Å². The molecular weight excluding hydrogens is 369 g/mol. The normalized spacial score (nSPS) is 24.0. The summed E-state index contributed by atoms with van der Waals surface area (Å²) in [5.74, 6) is 0.700. The number of amides is 1. The Bertz CT molecular complexity index is 676. The van der Waals surface area contributed by atoms with Crippen molar-refractivity contribution in [2.24, 2.45) is 5.92 Å². The average Bonchev–Trinajstić information content (AvgIpc) is 2.76. The van der Waals surface area contributed by atoms with E-state index in [0.29, 0.717) is 17.7 Å². The Balaban J connectivity index is 1.20. The summed E-state index contributed by atoms with van der Waals surface area (Å²) >= 11 is 0. The van der Waals surface area contributed by atoms with Crippen molar-refractivity contribution in [3.63, 3.8) is 0 Å². The molecule has 0 aliphatic carbocycles. The van der Waals surface area contributed by atoms with E-state index in [-0.39, 0.29) is 17.8 Å². The van der Waals surface area contributed by atoms with Crippen LogP contribution in [0, 0.1) is 11.7 Å². The van der Waals surface area contributed by atoms with E-state index in [1.54, 1.807) is 12.1 Å². The molecule has 3 aliphatic rings. The summed E-state index contributed by atoms with van der Waals surface area (Å²) in [6, 6.07) is 7.22. The molecule has 3 saturated heterocycles. The first-order chi connectivity index (χ1) is 14.1. The Labute approximate surface area is 173 Å². The van der Waals surface area contributed by atoms with Gasteiger partial charge in [0, 0.05) is 38.1 Å². The number of rotatable bonds is 4. The Morgan fingerprint density at radius 2 is 1.59 bits per heavy atom. The van der Waals surface area contributed by atoms with Crippen LogP contribution in [0.1, 0.15) is 38.5 Å². The molecule has 29 heavy (non-hydrogen) atoms. The number of halogens is 1. The number of nitrogens with zero attached hydrogens (tertiary/aromatic N) is 3. The van der Waals surface area contributed by atoms with Gasteiger partial charge < -0.3 is 14.5 Å². The Hall–Kier alpha value is -1.66. The molecule has 3 aliphatic heterocycles. The second kappa shape index (κ2) is 9.43. The fourth-order valence-corrected chi connectivity index (χ4v) is 5.04. The molecule has 1 aromatic carbocycles. The van der Waals surface area contributed by atoms with Crippen LogP contribution in [0.5, 0.6) is 5.75 Å². The molecule has 6 heteroatoms. The minimum atomic E-state index is -0.281. The number of hydrogen-bond acceptors (Lipinski definition) is 4. The summed E-state index contributed by atoms with van der Waals surface area (Å²) in [6.07, 6.45) is 6.10. The van der Waals surface area contributed by atoms with Crippen molar-refractivity contribution >= 4 is 5.91 Å². The molecule has 0 atom stereocenters. The van der Waals surface area contributed by atoms with E-state index in [2.05, 4.69) is 21.7 Å². The highest BCUT2D eigenvalue weighted by atomic mass is 19.1. The molecule has 3 heterocycles. The van der Waals surface area contributed by atoms with Gasteiger partial charge in [-0.05, 0) is 70.8 Å². The minimum Gasteiger partial charge on any atom is -0.487 e. The number of hydrogen-bond donors (Lipinski definition) is 0. The molecule has 160 valence electrons. The molecule has 0 aromatic heterocycles. The van der Waals surface area contributed by atoms with E-state index in [1.165, 1.54) is 6.07 Å². The van der Waals surface area contributed by atoms with Crippen LogP contribution < -0.4 is 4.74 Å². The van der Waals surface area contributed by atoms with Gasteiger partial charge in [-0.1, -0.05) is 12.1 Å². The maximum absolute atomic E-state index is 13.8. The average molecular weight is 404 g/mol. The van der Waals surface area contributed by atoms with Crippen LogP contribution in [0.4, 0.5) is 4.39 Å². The van der Waals surface area contributed by atoms with Gasteiger partial charge in [0.05, 0.1) is 0 Å². The zero-order valence-electron chi connectivity index (χ0n) is 17.6. The molecular formula is C23H34FN3O2. The van der Waals surface area contributed by atoms with E-state index in [9.17, 15) is 9.18 Å². The summed E-state index contributed by atoms with van der Waals surface area (Å²) in [4.78, 5) is 19.8. The third-order valence-electron chi connectivity index (χ3n) is 6.97. The maximum Gasteiger partial charge on any atom is 0.225 e. The van der Waals surface area contributed by atoms with Crippen molar-refractivity contribution in [2.75, 3.05) is 46.3 Å². The molecule has 0 saturated carbocycles. The standard InChI is InChI=1S/C23H34FN3O2/c1-25-12-6-18(7-13-25)23(28)27-14-8-19(9-15-27)26-16-10-20(11-17-26)29-22-5-3-2-4-21(22)24/h2-5,18-20H,6-17H2,1H3. The van der Waals surface area contributed by atoms with E-state index >= 15 is 0 Å². The molecule has 5 nitrogen and oxygen atoms in total. The predicted molar refractivity (Wildman–Crippen MR) is 111 cm³/mol. The second-order valence-electron chi connectivity index (χ2n) is 8.92. The highest BCUT2D eigenvalue weighted by molar-refractivity contribution is 5.79. The quantitative estimate of drug-likeness (QED) is 0.774. The number of ether oxygens (including phenoxy) is 1. The monoisotopic (exact) mass is 403 g/mol. The van der Waals surface area contributed by atoms with Crippen LogP contribution >= 0.6 is 0 Å². The molecule has 0 N–H and O–H groups in total. The van der Waals surface area contributed by atoms with Crippen LogP contribution in [0.2, 0.25) is 0 Å². The van der Waals surface area contributed by atoms with E-state index in [1.807, 2.05) is 6.07 Å². The minimum absolute atomic E-state index is 0.0919. The first kappa shape index (κ1) is 20.6. The van der Waals surface area contributed by atoms with Crippen LogP contribution in [-0.4, -0.2) is 79.1 Å². The fourth-order valence-electron chi connectivity index (χ4n) is 5.04. The topological polar surface area (TPSA) is 36.0 Å². The number of carbonyl (C=O) groups is 1. The van der Waals surface area contributed by atoms with Crippen molar-refractivity contribution in [1.82, 2.24) is 14.7 Å². The van der Waals surface area contributed by atoms with Crippen LogP contribution in [0.3, 0.4) is 0 Å². The van der Waals surface area contributed by atoms with Gasteiger partial charge in [-0.2, -0.15) is 0 Å². The molecule has 0 bridgehead atoms. The molecule has 4 rings (SSSR count). The molecule has 0 radical (unpaired) electrons. The van der Waals surface area contributed by atoms with Gasteiger partial charge in [-0.25, -0.2) is 4.39 Å². The van der Waals surface area contributed by atoms with Crippen LogP contribution in [-0.2, 0) is 4.79 Å². The summed E-state index contributed by atoms with van der Waals surface area (Å²) < 4.78 is 19.7. The highest BCUT2D eigenvalue weighted by Crippen LogP contribution is 2.26. The first-order valence-electron chi connectivity index (χ1n) is 11.2. The first-order valence-corrected chi connectivity index (χ1v) is 11.2. The van der Waals surface area contributed by atoms with Crippen molar-refractivity contribution < 1.29 is 13.9 Å². The summed E-state index contributed by atoms with van der Waals surface area (Å²) in [7, 11) is 2.14. The van der Waals surface area contributed by atoms with Gasteiger partial charge >= 0.3 is 0 Å². The van der Waals surface area contributed by atoms with Crippen LogP contribution in [0.25, 0.3) is 0 Å². The van der Waals surface area contributed by atoms with Crippen molar-refractivity contribution in [2.45, 2.75) is 50.7 Å². The molecule has 3 fully saturated rings. The van der Waals surface area contributed by atoms with Gasteiger partial charge in [0.25, 0.3) is 0 Å². The fraction of sp³-hybridized carbons (Fsp3) is 0.696. The van der Waals surface area contributed by atoms with Gasteiger partial charge in [-0.15, -0.1) is 0 Å². The number of para-hydroxylation sites is 1. The lowest BCUT2D eigenvalue weighted by Gasteiger charge is -2.42. The van der Waals surface area contributed by atoms with Crippen molar-refractivity contribution in [1.29, 1.82) is 0 Å². The summed E-state index contributed by atoms with van der Waals surface area (Å²) in [5.41, 5.74) is 0. The lowest BCUT2D eigenvalue weighted by Crippen LogP contribution is -2.51. The SMILES string of the molecule is CN1CCC(C(=O)N2CCC(N3CCC(Oc4ccccc4F)CC3)CC2)CC1. The van der Waals surface area contributed by atoms with Gasteiger partial charge in [0.2, 0.25) is 5.91 Å². The Morgan fingerprint density at radius 3 is 2.24 bits per heavy atom. The third-order valence-corrected chi connectivity index (χ3v) is 6.97. The zero-order valence-corrected chi connectivity index (χ0v) is 17.6. The Kier molecular flexibility index (Phi) is 6.70. The second-order valence-corrected chi connectivity index (χ2v) is 8.92. The molecule has 0 unspecified atom stereocenters. The molecule has 0 spiro atoms. The summed E-state index contributed by atoms with van der Waals surface area (Å²) in [5, 5.41) is 0. The number of piperidine rings is 3. The Morgan fingerprint density at radius 1 is 0.931 bits per heavy atom. The van der Waals surface area contributed by atoms with E-state index in [4.69, 9.17) is 4.74 Å². The van der Waals surface area contributed by atoms with Gasteiger partial charge in [-0.3, -0.25) is 9.69 Å². The van der Waals surface area contributed by atoms with Crippen LogP contribution in [0.15, 0.2) is 24.3 Å². The predicted octanol–water partition coefficient (Wildman–Crippen LogP) is 3.00. The maximum atomic E-state index is 13.8. The summed E-state index contributed by atoms with van der Waals surface area (Å²) in [6.45, 7) is 5.84. The van der Waals surface area contributed by atoms with E-state index in [0.717, 1.165) is 77.8 Å². The highest BCUT2D eigenvalue weighted by Gasteiger charge is 2.33. The number of carbonyl (C=O) groups excluding carboxylic acids is 1. The van der Waals surface area contributed by atoms with Gasteiger partial charge in [0.15, 0.2) is 11.6 Å². The largest absolute Gasteiger partial charge is 0.487 e. The van der Waals surface area contributed by atoms with Gasteiger partial charge in [0.1, 0.15) is 6.10 Å². The lowest BCUT2D eigenvalue weighted by molar-refractivity contribution is -0.138. The number of benzene rings is 1. The van der Waals surface area contributed by atoms with Crippen molar-refractivity contribution in [3.05, 3.63) is 30.1 Å². The molecule has 1 aromatic rings. The lowest BCUT2D eigenvalue weighted by atomic mass is 9.93. The number of likely N-dealkylation sites (tertiary alicyclic amines) is 3.